The van der Waals surface area contributed by atoms with Crippen molar-refractivity contribution in [1.29, 1.82) is 0 Å². The molecular formula is C20H31N3O4S. The minimum Gasteiger partial charge on any atom is -0.357 e. The van der Waals surface area contributed by atoms with Crippen LogP contribution in [-0.4, -0.2) is 44.1 Å². The van der Waals surface area contributed by atoms with Gasteiger partial charge in [0.05, 0.1) is 5.75 Å². The van der Waals surface area contributed by atoms with E-state index in [4.69, 9.17) is 0 Å². The molecular weight excluding hydrogens is 378 g/mol. The van der Waals surface area contributed by atoms with Gasteiger partial charge in [-0.15, -0.1) is 0 Å². The zero-order chi connectivity index (χ0) is 21.3. The average molecular weight is 410 g/mol. The molecule has 0 spiro atoms. The second kappa shape index (κ2) is 8.19. The van der Waals surface area contributed by atoms with Gasteiger partial charge in [-0.1, -0.05) is 40.7 Å². The highest BCUT2D eigenvalue weighted by Gasteiger charge is 2.35. The van der Waals surface area contributed by atoms with E-state index in [1.165, 1.54) is 7.05 Å². The third-order valence-corrected chi connectivity index (χ3v) is 6.66. The number of rotatable bonds is 7. The van der Waals surface area contributed by atoms with Gasteiger partial charge >= 0.3 is 0 Å². The number of hydrogen-bond donors (Lipinski definition) is 2. The SMILES string of the molecule is CNC(=O)C(NC(=O)c1ccc(C2CC2)c(S(=O)(=O)CC(C)C)n1)C(C)(C)C. The molecule has 8 heteroatoms. The molecule has 1 aromatic rings. The maximum Gasteiger partial charge on any atom is 0.270 e. The topological polar surface area (TPSA) is 105 Å². The Hall–Kier alpha value is -1.96. The maximum atomic E-state index is 12.8. The molecule has 2 N–H and O–H groups in total. The molecule has 1 aliphatic carbocycles. The number of pyridine rings is 1. The summed E-state index contributed by atoms with van der Waals surface area (Å²) in [5, 5.41) is 5.25. The average Bonchev–Trinajstić information content (AvgIpc) is 3.41. The Labute approximate surface area is 167 Å². The molecule has 2 rings (SSSR count). The number of sulfone groups is 1. The normalized spacial score (nSPS) is 16.0. The lowest BCUT2D eigenvalue weighted by Crippen LogP contribution is -2.53. The first-order valence-electron chi connectivity index (χ1n) is 9.63. The van der Waals surface area contributed by atoms with Crippen molar-refractivity contribution in [3.63, 3.8) is 0 Å². The molecule has 1 fully saturated rings. The molecule has 0 bridgehead atoms. The summed E-state index contributed by atoms with van der Waals surface area (Å²) in [5.74, 6) is -0.757. The summed E-state index contributed by atoms with van der Waals surface area (Å²) in [4.78, 5) is 29.2. The van der Waals surface area contributed by atoms with Crippen LogP contribution in [-0.2, 0) is 14.6 Å². The van der Waals surface area contributed by atoms with Crippen molar-refractivity contribution >= 4 is 21.7 Å². The van der Waals surface area contributed by atoms with E-state index in [2.05, 4.69) is 15.6 Å². The summed E-state index contributed by atoms with van der Waals surface area (Å²) in [6.45, 7) is 9.20. The maximum absolute atomic E-state index is 12.8. The first-order valence-corrected chi connectivity index (χ1v) is 11.3. The summed E-state index contributed by atoms with van der Waals surface area (Å²) in [7, 11) is -2.09. The van der Waals surface area contributed by atoms with E-state index in [9.17, 15) is 18.0 Å². The second-order valence-electron chi connectivity index (χ2n) is 8.93. The largest absolute Gasteiger partial charge is 0.357 e. The number of nitrogens with zero attached hydrogens (tertiary/aromatic N) is 1. The Morgan fingerprint density at radius 1 is 1.21 bits per heavy atom. The zero-order valence-electron chi connectivity index (χ0n) is 17.5. The molecule has 2 amide bonds. The lowest BCUT2D eigenvalue weighted by molar-refractivity contribution is -0.124. The Bertz CT molecular complexity index is 853. The van der Waals surface area contributed by atoms with Crippen LogP contribution in [0.3, 0.4) is 0 Å². The molecule has 0 radical (unpaired) electrons. The minimum atomic E-state index is -3.60. The third-order valence-electron chi connectivity index (χ3n) is 4.64. The molecule has 1 unspecified atom stereocenters. The lowest BCUT2D eigenvalue weighted by Gasteiger charge is -2.29. The number of nitrogens with one attached hydrogen (secondary N) is 2. The van der Waals surface area contributed by atoms with Gasteiger partial charge in [-0.05, 0) is 41.7 Å². The van der Waals surface area contributed by atoms with Crippen LogP contribution in [0, 0.1) is 11.3 Å². The first kappa shape index (κ1) is 22.3. The number of likely N-dealkylation sites (N-methyl/N-ethyl adjacent to an activating group) is 1. The van der Waals surface area contributed by atoms with Crippen LogP contribution in [0.4, 0.5) is 0 Å². The van der Waals surface area contributed by atoms with Crippen LogP contribution in [0.15, 0.2) is 17.2 Å². The third kappa shape index (κ3) is 5.31. The van der Waals surface area contributed by atoms with E-state index in [0.717, 1.165) is 12.8 Å². The molecule has 0 aliphatic heterocycles. The highest BCUT2D eigenvalue weighted by atomic mass is 32.2. The van der Waals surface area contributed by atoms with Gasteiger partial charge in [0.25, 0.3) is 5.91 Å². The van der Waals surface area contributed by atoms with Crippen molar-refractivity contribution in [1.82, 2.24) is 15.6 Å². The number of aromatic nitrogens is 1. The Balaban J connectivity index is 2.39. The van der Waals surface area contributed by atoms with E-state index in [0.29, 0.717) is 5.56 Å². The highest BCUT2D eigenvalue weighted by Crippen LogP contribution is 2.42. The second-order valence-corrected chi connectivity index (χ2v) is 10.9. The van der Waals surface area contributed by atoms with Gasteiger partial charge in [0.15, 0.2) is 14.9 Å². The monoisotopic (exact) mass is 409 g/mol. The Morgan fingerprint density at radius 3 is 2.29 bits per heavy atom. The van der Waals surface area contributed by atoms with Crippen molar-refractivity contribution < 1.29 is 18.0 Å². The smallest absolute Gasteiger partial charge is 0.270 e. The van der Waals surface area contributed by atoms with E-state index < -0.39 is 27.2 Å². The van der Waals surface area contributed by atoms with Gasteiger partial charge in [-0.25, -0.2) is 13.4 Å². The molecule has 0 aromatic carbocycles. The lowest BCUT2D eigenvalue weighted by atomic mass is 9.86. The van der Waals surface area contributed by atoms with Crippen LogP contribution in [0.25, 0.3) is 0 Å². The van der Waals surface area contributed by atoms with Gasteiger partial charge in [0.1, 0.15) is 11.7 Å². The fourth-order valence-corrected chi connectivity index (χ4v) is 4.94. The first-order chi connectivity index (χ1) is 12.9. The standard InChI is InChI=1S/C20H31N3O4S/c1-12(2)11-28(26,27)19-14(13-7-8-13)9-10-15(22-19)17(24)23-16(18(25)21-6)20(3,4)5/h9-10,12-13,16H,7-8,11H2,1-6H3,(H,21,25)(H,23,24). The van der Waals surface area contributed by atoms with Crippen LogP contribution < -0.4 is 10.6 Å². The van der Waals surface area contributed by atoms with Crippen LogP contribution in [0.1, 0.15) is 69.4 Å². The fraction of sp³-hybridized carbons (Fsp3) is 0.650. The summed E-state index contributed by atoms with van der Waals surface area (Å²) < 4.78 is 25.7. The molecule has 7 nitrogen and oxygen atoms in total. The quantitative estimate of drug-likeness (QED) is 0.719. The molecule has 156 valence electrons. The van der Waals surface area contributed by atoms with Crippen molar-refractivity contribution in [3.8, 4) is 0 Å². The van der Waals surface area contributed by atoms with Gasteiger partial charge in [-0.2, -0.15) is 0 Å². The van der Waals surface area contributed by atoms with Crippen LogP contribution in [0.5, 0.6) is 0 Å². The van der Waals surface area contributed by atoms with Gasteiger partial charge < -0.3 is 10.6 Å². The summed E-state index contributed by atoms with van der Waals surface area (Å²) in [6.07, 6.45) is 1.86. The zero-order valence-corrected chi connectivity index (χ0v) is 18.3. The summed E-state index contributed by atoms with van der Waals surface area (Å²) >= 11 is 0. The Morgan fingerprint density at radius 2 is 1.82 bits per heavy atom. The number of amides is 2. The van der Waals surface area contributed by atoms with Crippen molar-refractivity contribution in [2.75, 3.05) is 12.8 Å². The molecule has 1 aliphatic rings. The van der Waals surface area contributed by atoms with Crippen molar-refractivity contribution in [3.05, 3.63) is 23.4 Å². The summed E-state index contributed by atoms with van der Waals surface area (Å²) in [5.41, 5.74) is 0.178. The molecule has 1 aromatic heterocycles. The van der Waals surface area contributed by atoms with Crippen molar-refractivity contribution in [2.45, 2.75) is 64.4 Å². The predicted octanol–water partition coefficient (Wildman–Crippen LogP) is 2.28. The molecule has 1 atom stereocenters. The number of carbonyl (C=O) groups excluding carboxylic acids is 2. The number of hydrogen-bond acceptors (Lipinski definition) is 5. The van der Waals surface area contributed by atoms with Gasteiger partial charge in [0, 0.05) is 7.05 Å². The van der Waals surface area contributed by atoms with E-state index >= 15 is 0 Å². The predicted molar refractivity (Wildman–Crippen MR) is 108 cm³/mol. The molecule has 1 heterocycles. The van der Waals surface area contributed by atoms with E-state index in [1.54, 1.807) is 12.1 Å². The molecule has 28 heavy (non-hydrogen) atoms. The van der Waals surface area contributed by atoms with Crippen LogP contribution in [0.2, 0.25) is 0 Å². The van der Waals surface area contributed by atoms with E-state index in [1.807, 2.05) is 34.6 Å². The minimum absolute atomic E-state index is 0.00333. The van der Waals surface area contributed by atoms with Gasteiger partial charge in [0.2, 0.25) is 5.91 Å². The Kier molecular flexibility index (Phi) is 6.53. The highest BCUT2D eigenvalue weighted by molar-refractivity contribution is 7.91. The molecule has 1 saturated carbocycles. The summed E-state index contributed by atoms with van der Waals surface area (Å²) in [6, 6.07) is 2.46. The molecule has 0 saturated heterocycles. The van der Waals surface area contributed by atoms with E-state index in [-0.39, 0.29) is 34.2 Å². The van der Waals surface area contributed by atoms with Crippen LogP contribution >= 0.6 is 0 Å². The van der Waals surface area contributed by atoms with Crippen molar-refractivity contribution in [2.24, 2.45) is 11.3 Å². The number of carbonyl (C=O) groups is 2. The van der Waals surface area contributed by atoms with Gasteiger partial charge in [-0.3, -0.25) is 9.59 Å². The fourth-order valence-electron chi connectivity index (χ4n) is 3.07.